The highest BCUT2D eigenvalue weighted by molar-refractivity contribution is 6.36. The number of aromatic amines is 1. The van der Waals surface area contributed by atoms with E-state index >= 15 is 0 Å². The molecule has 200 valence electrons. The number of rotatable bonds is 5. The van der Waals surface area contributed by atoms with E-state index in [1.165, 1.54) is 60.0 Å². The molecular formula is C39H29N3. The third-order valence-corrected chi connectivity index (χ3v) is 8.41. The molecule has 0 radical (unpaired) electrons. The molecule has 0 amide bonds. The fourth-order valence-corrected chi connectivity index (χ4v) is 6.46. The maximum atomic E-state index is 5.33. The van der Waals surface area contributed by atoms with Crippen LogP contribution < -0.4 is 0 Å². The Kier molecular flexibility index (Phi) is 5.75. The smallest absolute Gasteiger partial charge is 0.115 e. The summed E-state index contributed by atoms with van der Waals surface area (Å²) >= 11 is 0. The van der Waals surface area contributed by atoms with Crippen LogP contribution in [0, 0.1) is 0 Å². The van der Waals surface area contributed by atoms with Gasteiger partial charge in [-0.25, -0.2) is 0 Å². The van der Waals surface area contributed by atoms with Gasteiger partial charge in [0.15, 0.2) is 0 Å². The fourth-order valence-electron chi connectivity index (χ4n) is 6.46. The first-order chi connectivity index (χ1) is 20.8. The second kappa shape index (κ2) is 9.90. The van der Waals surface area contributed by atoms with E-state index in [1.807, 2.05) is 0 Å². The molecule has 0 aliphatic rings. The Labute approximate surface area is 244 Å². The van der Waals surface area contributed by atoms with Gasteiger partial charge in [0.05, 0.1) is 22.3 Å². The summed E-state index contributed by atoms with van der Waals surface area (Å²) in [6, 6.07) is 47.2. The third kappa shape index (κ3) is 3.86. The predicted molar refractivity (Wildman–Crippen MR) is 179 cm³/mol. The molecule has 0 aliphatic heterocycles. The molecule has 0 saturated heterocycles. The predicted octanol–water partition coefficient (Wildman–Crippen LogP) is 10.1. The van der Waals surface area contributed by atoms with Crippen molar-refractivity contribution in [1.29, 1.82) is 0 Å². The maximum Gasteiger partial charge on any atom is 0.115 e. The molecule has 42 heavy (non-hydrogen) atoms. The Morgan fingerprint density at radius 2 is 1.21 bits per heavy atom. The molecule has 8 rings (SSSR count). The van der Waals surface area contributed by atoms with Crippen molar-refractivity contribution in [2.24, 2.45) is 4.99 Å². The highest BCUT2D eigenvalue weighted by Gasteiger charge is 2.20. The largest absolute Gasteiger partial charge is 0.354 e. The number of hydrogen-bond acceptors (Lipinski definition) is 1. The van der Waals surface area contributed by atoms with Crippen LogP contribution in [0.25, 0.3) is 60.0 Å². The van der Waals surface area contributed by atoms with E-state index in [0.717, 1.165) is 16.8 Å². The van der Waals surface area contributed by atoms with E-state index in [4.69, 9.17) is 4.99 Å². The normalized spacial score (nSPS) is 12.8. The van der Waals surface area contributed by atoms with Crippen LogP contribution in [-0.2, 0) is 6.67 Å². The van der Waals surface area contributed by atoms with Crippen molar-refractivity contribution in [3.8, 4) is 0 Å². The molecule has 0 saturated carbocycles. The summed E-state index contributed by atoms with van der Waals surface area (Å²) < 4.78 is 2.41. The van der Waals surface area contributed by atoms with Gasteiger partial charge in [-0.05, 0) is 41.8 Å². The van der Waals surface area contributed by atoms with E-state index in [2.05, 4.69) is 156 Å². The van der Waals surface area contributed by atoms with Gasteiger partial charge >= 0.3 is 0 Å². The SMILES string of the molecule is C/C(=C\C(=N/Cn1c2ccccc2c2c3c4ccccc4[nH]c3c3ccccc3c21)c1ccccc1)c1ccccc1. The van der Waals surface area contributed by atoms with Crippen molar-refractivity contribution in [2.45, 2.75) is 13.6 Å². The summed E-state index contributed by atoms with van der Waals surface area (Å²) in [6.07, 6.45) is 2.22. The Morgan fingerprint density at radius 3 is 1.98 bits per heavy atom. The lowest BCUT2D eigenvalue weighted by Crippen LogP contribution is -2.03. The summed E-state index contributed by atoms with van der Waals surface area (Å²) in [5.41, 5.74) is 9.24. The molecule has 2 heterocycles. The van der Waals surface area contributed by atoms with Crippen LogP contribution in [0.5, 0.6) is 0 Å². The van der Waals surface area contributed by atoms with Gasteiger partial charge in [-0.3, -0.25) is 4.99 Å². The summed E-state index contributed by atoms with van der Waals surface area (Å²) in [5, 5.41) is 7.52. The second-order valence-corrected chi connectivity index (χ2v) is 10.9. The van der Waals surface area contributed by atoms with Crippen LogP contribution >= 0.6 is 0 Å². The van der Waals surface area contributed by atoms with E-state index in [9.17, 15) is 0 Å². The first-order valence-electron chi connectivity index (χ1n) is 14.4. The Bertz CT molecular complexity index is 2320. The fraction of sp³-hybridized carbons (Fsp3) is 0.0513. The van der Waals surface area contributed by atoms with Crippen molar-refractivity contribution < 1.29 is 0 Å². The highest BCUT2D eigenvalue weighted by Crippen LogP contribution is 2.43. The number of fused-ring (bicyclic) bond motifs is 10. The zero-order chi connectivity index (χ0) is 28.0. The standard InChI is InChI=1S/C39H29N3/c1-26(27-14-4-2-5-15-27)24-34(28-16-6-3-7-17-28)40-25-42-35-23-13-11-21-32(35)37-36-31-20-10-12-22-33(31)41-38(36)29-18-8-9-19-30(29)39(37)42/h2-24,41H,25H2,1H3/b26-24+,40-34+. The molecule has 0 unspecified atom stereocenters. The minimum absolute atomic E-state index is 0.505. The van der Waals surface area contributed by atoms with Crippen LogP contribution in [0.1, 0.15) is 18.1 Å². The van der Waals surface area contributed by atoms with Crippen LogP contribution in [0.2, 0.25) is 0 Å². The zero-order valence-electron chi connectivity index (χ0n) is 23.4. The summed E-state index contributed by atoms with van der Waals surface area (Å²) in [5.74, 6) is 0. The molecule has 0 aliphatic carbocycles. The molecule has 1 N–H and O–H groups in total. The van der Waals surface area contributed by atoms with Crippen molar-refractivity contribution in [2.75, 3.05) is 0 Å². The third-order valence-electron chi connectivity index (χ3n) is 8.41. The van der Waals surface area contributed by atoms with Crippen LogP contribution in [0.3, 0.4) is 0 Å². The Balaban J connectivity index is 1.43. The molecule has 2 aromatic heterocycles. The van der Waals surface area contributed by atoms with E-state index in [1.54, 1.807) is 0 Å². The Morgan fingerprint density at radius 1 is 0.619 bits per heavy atom. The number of aliphatic imine (C=N–C) groups is 1. The molecule has 6 aromatic carbocycles. The minimum atomic E-state index is 0.505. The first kappa shape index (κ1) is 24.4. The van der Waals surface area contributed by atoms with Gasteiger partial charge in [0, 0.05) is 37.8 Å². The molecule has 0 bridgehead atoms. The van der Waals surface area contributed by atoms with Crippen molar-refractivity contribution in [3.63, 3.8) is 0 Å². The molecular weight excluding hydrogens is 510 g/mol. The van der Waals surface area contributed by atoms with Crippen molar-refractivity contribution in [3.05, 3.63) is 151 Å². The average Bonchev–Trinajstić information content (AvgIpc) is 3.60. The molecule has 0 atom stereocenters. The van der Waals surface area contributed by atoms with Crippen molar-refractivity contribution >= 4 is 65.7 Å². The molecule has 8 aromatic rings. The van der Waals surface area contributed by atoms with Gasteiger partial charge in [0.1, 0.15) is 6.67 Å². The molecule has 0 fully saturated rings. The number of para-hydroxylation sites is 2. The van der Waals surface area contributed by atoms with E-state index in [-0.39, 0.29) is 0 Å². The van der Waals surface area contributed by atoms with Gasteiger partial charge in [-0.15, -0.1) is 0 Å². The number of benzene rings is 6. The van der Waals surface area contributed by atoms with Gasteiger partial charge < -0.3 is 9.55 Å². The summed E-state index contributed by atoms with van der Waals surface area (Å²) in [6.45, 7) is 2.67. The first-order valence-corrected chi connectivity index (χ1v) is 14.4. The number of allylic oxidation sites excluding steroid dienone is 2. The number of aromatic nitrogens is 2. The minimum Gasteiger partial charge on any atom is -0.354 e. The van der Waals surface area contributed by atoms with Gasteiger partial charge in [-0.1, -0.05) is 121 Å². The lowest BCUT2D eigenvalue weighted by molar-refractivity contribution is 0.796. The number of H-pyrrole nitrogens is 1. The zero-order valence-corrected chi connectivity index (χ0v) is 23.4. The lowest BCUT2D eigenvalue weighted by Gasteiger charge is -2.11. The Hall–Kier alpha value is -5.41. The van der Waals surface area contributed by atoms with E-state index < -0.39 is 0 Å². The second-order valence-electron chi connectivity index (χ2n) is 10.9. The lowest BCUT2D eigenvalue weighted by atomic mass is 9.99. The molecule has 0 spiro atoms. The van der Waals surface area contributed by atoms with Gasteiger partial charge in [0.25, 0.3) is 0 Å². The van der Waals surface area contributed by atoms with Crippen LogP contribution in [-0.4, -0.2) is 15.3 Å². The van der Waals surface area contributed by atoms with Gasteiger partial charge in [0.2, 0.25) is 0 Å². The molecule has 3 nitrogen and oxygen atoms in total. The number of hydrogen-bond donors (Lipinski definition) is 1. The highest BCUT2D eigenvalue weighted by atomic mass is 15.1. The number of nitrogens with one attached hydrogen (secondary N) is 1. The van der Waals surface area contributed by atoms with Crippen LogP contribution in [0.4, 0.5) is 0 Å². The van der Waals surface area contributed by atoms with Crippen LogP contribution in [0.15, 0.2) is 145 Å². The monoisotopic (exact) mass is 539 g/mol. The van der Waals surface area contributed by atoms with Crippen molar-refractivity contribution in [1.82, 2.24) is 9.55 Å². The average molecular weight is 540 g/mol. The molecule has 3 heteroatoms. The van der Waals surface area contributed by atoms with E-state index in [0.29, 0.717) is 6.67 Å². The summed E-state index contributed by atoms with van der Waals surface area (Å²) in [4.78, 5) is 9.09. The topological polar surface area (TPSA) is 33.1 Å². The summed E-state index contributed by atoms with van der Waals surface area (Å²) in [7, 11) is 0. The maximum absolute atomic E-state index is 5.33. The van der Waals surface area contributed by atoms with Gasteiger partial charge in [-0.2, -0.15) is 0 Å². The number of nitrogens with zero attached hydrogens (tertiary/aromatic N) is 2. The quantitative estimate of drug-likeness (QED) is 0.211.